The number of aromatic nitrogens is 2. The van der Waals surface area contributed by atoms with Crippen molar-refractivity contribution in [2.45, 2.75) is 6.42 Å². The molecule has 92 valence electrons. The standard InChI is InChI=1S/C13H10BrClN2S/c14-9-1-2-12-11(7-9)16-13(3-5-15)17(12)10-4-6-18-8-10/h1-2,4,6-8H,3,5H2. The molecule has 0 aliphatic rings. The van der Waals surface area contributed by atoms with Crippen molar-refractivity contribution in [3.05, 3.63) is 45.3 Å². The number of halogens is 2. The fraction of sp³-hybridized carbons (Fsp3) is 0.154. The fourth-order valence-electron chi connectivity index (χ4n) is 2.03. The van der Waals surface area contributed by atoms with Crippen LogP contribution in [0, 0.1) is 0 Å². The molecular formula is C13H10BrClN2S. The van der Waals surface area contributed by atoms with Crippen molar-refractivity contribution in [3.63, 3.8) is 0 Å². The predicted molar refractivity (Wildman–Crippen MR) is 81.1 cm³/mol. The van der Waals surface area contributed by atoms with Crippen LogP contribution in [0.3, 0.4) is 0 Å². The molecule has 0 unspecified atom stereocenters. The molecule has 1 aromatic carbocycles. The molecule has 0 fully saturated rings. The minimum atomic E-state index is 0.578. The van der Waals surface area contributed by atoms with Crippen molar-refractivity contribution in [1.29, 1.82) is 0 Å². The summed E-state index contributed by atoms with van der Waals surface area (Å²) in [5, 5.41) is 4.20. The lowest BCUT2D eigenvalue weighted by Gasteiger charge is -2.05. The summed E-state index contributed by atoms with van der Waals surface area (Å²) >= 11 is 11.0. The van der Waals surface area contributed by atoms with Gasteiger partial charge in [-0.2, -0.15) is 11.3 Å². The number of imidazole rings is 1. The average Bonchev–Trinajstić information content (AvgIpc) is 2.95. The molecule has 0 amide bonds. The average molecular weight is 342 g/mol. The molecule has 0 atom stereocenters. The quantitative estimate of drug-likeness (QED) is 0.635. The van der Waals surface area contributed by atoms with Crippen LogP contribution >= 0.6 is 38.9 Å². The Balaban J connectivity index is 2.28. The van der Waals surface area contributed by atoms with Gasteiger partial charge in [0.2, 0.25) is 0 Å². The number of alkyl halides is 1. The van der Waals surface area contributed by atoms with Gasteiger partial charge in [0.15, 0.2) is 0 Å². The number of fused-ring (bicyclic) bond motifs is 1. The van der Waals surface area contributed by atoms with Crippen LogP contribution in [0.1, 0.15) is 5.82 Å². The molecule has 5 heteroatoms. The van der Waals surface area contributed by atoms with Crippen LogP contribution in [0.15, 0.2) is 39.5 Å². The van der Waals surface area contributed by atoms with Crippen LogP contribution in [0.5, 0.6) is 0 Å². The molecule has 3 aromatic rings. The molecule has 18 heavy (non-hydrogen) atoms. The summed E-state index contributed by atoms with van der Waals surface area (Å²) in [6.07, 6.45) is 0.768. The Morgan fingerprint density at radius 2 is 2.22 bits per heavy atom. The normalized spacial score (nSPS) is 11.2. The monoisotopic (exact) mass is 340 g/mol. The summed E-state index contributed by atoms with van der Waals surface area (Å²) in [5.74, 6) is 1.59. The highest BCUT2D eigenvalue weighted by atomic mass is 79.9. The second kappa shape index (κ2) is 5.03. The number of aryl methyl sites for hydroxylation is 1. The summed E-state index contributed by atoms with van der Waals surface area (Å²) in [6, 6.07) is 8.26. The summed E-state index contributed by atoms with van der Waals surface area (Å²) in [7, 11) is 0. The third-order valence-corrected chi connectivity index (χ3v) is 4.12. The molecule has 2 heterocycles. The molecule has 0 spiro atoms. The largest absolute Gasteiger partial charge is 0.295 e. The van der Waals surface area contributed by atoms with Crippen LogP contribution < -0.4 is 0 Å². The van der Waals surface area contributed by atoms with Crippen molar-refractivity contribution >= 4 is 49.9 Å². The number of nitrogens with zero attached hydrogens (tertiary/aromatic N) is 2. The highest BCUT2D eigenvalue weighted by molar-refractivity contribution is 9.10. The summed E-state index contributed by atoms with van der Waals surface area (Å²) in [6.45, 7) is 0. The van der Waals surface area contributed by atoms with Crippen molar-refractivity contribution in [2.24, 2.45) is 0 Å². The van der Waals surface area contributed by atoms with Gasteiger partial charge in [-0.3, -0.25) is 4.57 Å². The number of rotatable bonds is 3. The van der Waals surface area contributed by atoms with E-state index in [1.807, 2.05) is 12.1 Å². The second-order valence-corrected chi connectivity index (χ2v) is 5.99. The Kier molecular flexibility index (Phi) is 3.41. The van der Waals surface area contributed by atoms with Crippen molar-refractivity contribution in [3.8, 4) is 5.69 Å². The van der Waals surface area contributed by atoms with Crippen molar-refractivity contribution in [2.75, 3.05) is 5.88 Å². The van der Waals surface area contributed by atoms with E-state index in [9.17, 15) is 0 Å². The molecule has 0 aliphatic carbocycles. The van der Waals surface area contributed by atoms with E-state index in [1.54, 1.807) is 11.3 Å². The Hall–Kier alpha value is -0.840. The first kappa shape index (κ1) is 12.2. The zero-order valence-corrected chi connectivity index (χ0v) is 12.6. The third kappa shape index (κ3) is 2.09. The Bertz CT molecular complexity index is 676. The second-order valence-electron chi connectivity index (χ2n) is 3.92. The SMILES string of the molecule is ClCCc1nc2cc(Br)ccc2n1-c1ccsc1. The minimum absolute atomic E-state index is 0.578. The first-order valence-electron chi connectivity index (χ1n) is 5.55. The van der Waals surface area contributed by atoms with Crippen molar-refractivity contribution in [1.82, 2.24) is 9.55 Å². The van der Waals surface area contributed by atoms with Crippen LogP contribution in [0.4, 0.5) is 0 Å². The highest BCUT2D eigenvalue weighted by Gasteiger charge is 2.12. The van der Waals surface area contributed by atoms with Gasteiger partial charge in [-0.05, 0) is 29.6 Å². The van der Waals surface area contributed by atoms with Gasteiger partial charge in [0.1, 0.15) is 5.82 Å². The Labute approximate surface area is 122 Å². The molecule has 0 radical (unpaired) electrons. The lowest BCUT2D eigenvalue weighted by Crippen LogP contribution is -2.00. The number of hydrogen-bond donors (Lipinski definition) is 0. The lowest BCUT2D eigenvalue weighted by molar-refractivity contribution is 0.915. The summed E-state index contributed by atoms with van der Waals surface area (Å²) < 4.78 is 3.23. The maximum Gasteiger partial charge on any atom is 0.115 e. The third-order valence-electron chi connectivity index (χ3n) is 2.77. The Morgan fingerprint density at radius 1 is 1.33 bits per heavy atom. The van der Waals surface area contributed by atoms with Gasteiger partial charge >= 0.3 is 0 Å². The number of hydrogen-bond acceptors (Lipinski definition) is 2. The smallest absolute Gasteiger partial charge is 0.115 e. The van der Waals surface area contributed by atoms with Crippen LogP contribution in [-0.2, 0) is 6.42 Å². The van der Waals surface area contributed by atoms with Gasteiger partial charge in [0, 0.05) is 22.2 Å². The van der Waals surface area contributed by atoms with E-state index < -0.39 is 0 Å². The van der Waals surface area contributed by atoms with E-state index >= 15 is 0 Å². The van der Waals surface area contributed by atoms with E-state index in [0.717, 1.165) is 33.4 Å². The topological polar surface area (TPSA) is 17.8 Å². The number of thiophene rings is 1. The van der Waals surface area contributed by atoms with Crippen molar-refractivity contribution < 1.29 is 0 Å². The molecule has 0 saturated carbocycles. The van der Waals surface area contributed by atoms with E-state index in [-0.39, 0.29) is 0 Å². The zero-order chi connectivity index (χ0) is 12.5. The van der Waals surface area contributed by atoms with E-state index in [2.05, 4.69) is 48.4 Å². The van der Waals surface area contributed by atoms with Gasteiger partial charge < -0.3 is 0 Å². The molecule has 2 aromatic heterocycles. The van der Waals surface area contributed by atoms with Crippen LogP contribution in [-0.4, -0.2) is 15.4 Å². The summed E-state index contributed by atoms with van der Waals surface area (Å²) in [5.41, 5.74) is 3.28. The molecule has 0 N–H and O–H groups in total. The maximum atomic E-state index is 5.87. The van der Waals surface area contributed by atoms with Gasteiger partial charge in [-0.15, -0.1) is 11.6 Å². The first-order valence-corrected chi connectivity index (χ1v) is 7.82. The molecular weight excluding hydrogens is 332 g/mol. The summed E-state index contributed by atoms with van der Waals surface area (Å²) in [4.78, 5) is 4.67. The molecule has 0 aliphatic heterocycles. The van der Waals surface area contributed by atoms with Crippen LogP contribution in [0.2, 0.25) is 0 Å². The molecule has 3 rings (SSSR count). The molecule has 0 saturated heterocycles. The first-order chi connectivity index (χ1) is 8.79. The fourth-order valence-corrected chi connectivity index (χ4v) is 3.17. The van der Waals surface area contributed by atoms with Crippen LogP contribution in [0.25, 0.3) is 16.7 Å². The van der Waals surface area contributed by atoms with Gasteiger partial charge in [-0.1, -0.05) is 15.9 Å². The minimum Gasteiger partial charge on any atom is -0.295 e. The van der Waals surface area contributed by atoms with E-state index in [0.29, 0.717) is 5.88 Å². The molecule has 2 nitrogen and oxygen atoms in total. The molecule has 0 bridgehead atoms. The highest BCUT2D eigenvalue weighted by Crippen LogP contribution is 2.26. The number of benzene rings is 1. The zero-order valence-electron chi connectivity index (χ0n) is 9.44. The van der Waals surface area contributed by atoms with Gasteiger partial charge in [0.25, 0.3) is 0 Å². The Morgan fingerprint density at radius 3 is 2.94 bits per heavy atom. The lowest BCUT2D eigenvalue weighted by atomic mass is 10.3. The van der Waals surface area contributed by atoms with Gasteiger partial charge in [-0.25, -0.2) is 4.98 Å². The predicted octanol–water partition coefficient (Wildman–Crippen LogP) is 4.63. The van der Waals surface area contributed by atoms with Gasteiger partial charge in [0.05, 0.1) is 16.7 Å². The van der Waals surface area contributed by atoms with E-state index in [1.165, 1.54) is 0 Å². The maximum absolute atomic E-state index is 5.87. The van der Waals surface area contributed by atoms with E-state index in [4.69, 9.17) is 11.6 Å².